The van der Waals surface area contributed by atoms with Gasteiger partial charge >= 0.3 is 0 Å². The number of H-pyrrole nitrogens is 1. The predicted molar refractivity (Wildman–Crippen MR) is 94.2 cm³/mol. The Morgan fingerprint density at radius 2 is 2.09 bits per heavy atom. The van der Waals surface area contributed by atoms with Gasteiger partial charge in [-0.3, -0.25) is 0 Å². The van der Waals surface area contributed by atoms with Crippen LogP contribution in [0.4, 0.5) is 11.5 Å². The first kappa shape index (κ1) is 15.6. The van der Waals surface area contributed by atoms with Gasteiger partial charge in [-0.2, -0.15) is 0 Å². The number of hydrogen-bond donors (Lipinski definition) is 1. The zero-order valence-electron chi connectivity index (χ0n) is 13.2. The summed E-state index contributed by atoms with van der Waals surface area (Å²) in [6, 6.07) is 8.25. The quantitative estimate of drug-likeness (QED) is 0.777. The Labute approximate surface area is 141 Å². The summed E-state index contributed by atoms with van der Waals surface area (Å²) >= 11 is 0. The normalized spacial score (nSPS) is 13.6. The Morgan fingerprint density at radius 3 is 2.91 bits per heavy atom. The molecular weight excluding hydrogens is 312 g/mol. The van der Waals surface area contributed by atoms with Crippen LogP contribution in [-0.2, 0) is 6.42 Å². The molecule has 2 aromatic heterocycles. The standard InChI is InChI=1S/C17H18N4O.ClH/c1-11-19-14-7-8-18-16(14)17(20-11)21-9-3-4-12-10-13(22-2)5-6-15(12)21;/h5-8,10,18H,3-4,9H2,1-2H3;1H. The summed E-state index contributed by atoms with van der Waals surface area (Å²) in [6.07, 6.45) is 4.09. The summed E-state index contributed by atoms with van der Waals surface area (Å²) < 4.78 is 5.35. The Kier molecular flexibility index (Phi) is 4.13. The summed E-state index contributed by atoms with van der Waals surface area (Å²) in [4.78, 5) is 14.7. The number of aromatic amines is 1. The molecule has 0 atom stereocenters. The lowest BCUT2D eigenvalue weighted by atomic mass is 10.0. The van der Waals surface area contributed by atoms with E-state index in [9.17, 15) is 0 Å². The summed E-state index contributed by atoms with van der Waals surface area (Å²) in [5.41, 5.74) is 4.47. The number of ether oxygens (including phenoxy) is 1. The lowest BCUT2D eigenvalue weighted by molar-refractivity contribution is 0.414. The smallest absolute Gasteiger partial charge is 0.161 e. The van der Waals surface area contributed by atoms with Gasteiger partial charge in [0.1, 0.15) is 17.1 Å². The van der Waals surface area contributed by atoms with E-state index in [0.717, 1.165) is 47.8 Å². The van der Waals surface area contributed by atoms with E-state index in [1.165, 1.54) is 11.3 Å². The van der Waals surface area contributed by atoms with Crippen molar-refractivity contribution >= 4 is 34.9 Å². The number of nitrogens with one attached hydrogen (secondary N) is 1. The van der Waals surface area contributed by atoms with Crippen molar-refractivity contribution in [2.24, 2.45) is 0 Å². The number of aromatic nitrogens is 3. The monoisotopic (exact) mass is 330 g/mol. The number of nitrogens with zero attached hydrogens (tertiary/aromatic N) is 3. The SMILES string of the molecule is COc1ccc2c(c1)CCCN2c1nc(C)nc2cc[nH]c12.Cl. The molecule has 0 fully saturated rings. The molecule has 1 aromatic carbocycles. The highest BCUT2D eigenvalue weighted by atomic mass is 35.5. The van der Waals surface area contributed by atoms with E-state index in [0.29, 0.717) is 0 Å². The third-order valence-corrected chi connectivity index (χ3v) is 4.16. The second kappa shape index (κ2) is 6.08. The van der Waals surface area contributed by atoms with Crippen molar-refractivity contribution in [1.29, 1.82) is 0 Å². The van der Waals surface area contributed by atoms with Gasteiger partial charge in [-0.1, -0.05) is 0 Å². The molecule has 3 heterocycles. The van der Waals surface area contributed by atoms with E-state index in [-0.39, 0.29) is 12.4 Å². The lowest BCUT2D eigenvalue weighted by Gasteiger charge is -2.31. The first-order valence-corrected chi connectivity index (χ1v) is 7.52. The molecule has 4 rings (SSSR count). The van der Waals surface area contributed by atoms with Gasteiger partial charge in [-0.15, -0.1) is 12.4 Å². The van der Waals surface area contributed by atoms with Gasteiger partial charge in [-0.25, -0.2) is 9.97 Å². The maximum Gasteiger partial charge on any atom is 0.161 e. The van der Waals surface area contributed by atoms with Gasteiger partial charge in [0.15, 0.2) is 5.82 Å². The van der Waals surface area contributed by atoms with Gasteiger partial charge in [0.2, 0.25) is 0 Å². The van der Waals surface area contributed by atoms with Crippen LogP contribution >= 0.6 is 12.4 Å². The highest BCUT2D eigenvalue weighted by molar-refractivity contribution is 5.89. The van der Waals surface area contributed by atoms with Crippen molar-refractivity contribution < 1.29 is 4.74 Å². The number of rotatable bonds is 2. The van der Waals surface area contributed by atoms with Crippen LogP contribution < -0.4 is 9.64 Å². The fourth-order valence-electron chi connectivity index (χ4n) is 3.16. The lowest BCUT2D eigenvalue weighted by Crippen LogP contribution is -2.26. The fourth-order valence-corrected chi connectivity index (χ4v) is 3.16. The molecule has 6 heteroatoms. The van der Waals surface area contributed by atoms with Gasteiger partial charge in [0, 0.05) is 18.4 Å². The van der Waals surface area contributed by atoms with Gasteiger partial charge < -0.3 is 14.6 Å². The predicted octanol–water partition coefficient (Wildman–Crippen LogP) is 3.78. The number of methoxy groups -OCH3 is 1. The Balaban J connectivity index is 0.00000156. The molecule has 0 saturated carbocycles. The van der Waals surface area contributed by atoms with Crippen molar-refractivity contribution in [1.82, 2.24) is 15.0 Å². The topological polar surface area (TPSA) is 54.0 Å². The van der Waals surface area contributed by atoms with Gasteiger partial charge in [0.25, 0.3) is 0 Å². The van der Waals surface area contributed by atoms with Crippen molar-refractivity contribution in [3.8, 4) is 5.75 Å². The van der Waals surface area contributed by atoms with E-state index in [1.54, 1.807) is 7.11 Å². The summed E-state index contributed by atoms with van der Waals surface area (Å²) in [7, 11) is 1.71. The third kappa shape index (κ3) is 2.61. The third-order valence-electron chi connectivity index (χ3n) is 4.16. The van der Waals surface area contributed by atoms with E-state index in [4.69, 9.17) is 9.72 Å². The molecule has 1 aliphatic rings. The highest BCUT2D eigenvalue weighted by Gasteiger charge is 2.22. The maximum absolute atomic E-state index is 5.35. The van der Waals surface area contributed by atoms with E-state index in [2.05, 4.69) is 27.0 Å². The molecule has 5 nitrogen and oxygen atoms in total. The molecule has 0 unspecified atom stereocenters. The van der Waals surface area contributed by atoms with Crippen LogP contribution in [0.5, 0.6) is 5.75 Å². The first-order valence-electron chi connectivity index (χ1n) is 7.52. The van der Waals surface area contributed by atoms with Gasteiger partial charge in [0.05, 0.1) is 12.6 Å². The van der Waals surface area contributed by atoms with E-state index < -0.39 is 0 Å². The zero-order chi connectivity index (χ0) is 15.1. The number of hydrogen-bond acceptors (Lipinski definition) is 4. The molecule has 0 amide bonds. The molecule has 120 valence electrons. The van der Waals surface area contributed by atoms with Crippen LogP contribution in [0.25, 0.3) is 11.0 Å². The Morgan fingerprint density at radius 1 is 1.22 bits per heavy atom. The molecule has 0 bridgehead atoms. The average Bonchev–Trinajstić information content (AvgIpc) is 3.01. The van der Waals surface area contributed by atoms with Crippen LogP contribution in [0.3, 0.4) is 0 Å². The summed E-state index contributed by atoms with van der Waals surface area (Å²) in [5, 5.41) is 0. The minimum atomic E-state index is 0. The highest BCUT2D eigenvalue weighted by Crippen LogP contribution is 2.36. The Bertz CT molecular complexity index is 846. The second-order valence-electron chi connectivity index (χ2n) is 5.58. The molecule has 0 radical (unpaired) electrons. The fraction of sp³-hybridized carbons (Fsp3) is 0.294. The van der Waals surface area contributed by atoms with Crippen LogP contribution in [-0.4, -0.2) is 28.6 Å². The number of aryl methyl sites for hydroxylation is 2. The number of fused-ring (bicyclic) bond motifs is 2. The minimum Gasteiger partial charge on any atom is -0.497 e. The Hall–Kier alpha value is -2.27. The van der Waals surface area contributed by atoms with Gasteiger partial charge in [-0.05, 0) is 49.6 Å². The average molecular weight is 331 g/mol. The molecule has 3 aromatic rings. The van der Waals surface area contributed by atoms with Crippen LogP contribution in [0, 0.1) is 6.92 Å². The molecular formula is C17H19ClN4O. The van der Waals surface area contributed by atoms with E-state index >= 15 is 0 Å². The van der Waals surface area contributed by atoms with Crippen molar-refractivity contribution in [2.75, 3.05) is 18.6 Å². The second-order valence-corrected chi connectivity index (χ2v) is 5.58. The summed E-state index contributed by atoms with van der Waals surface area (Å²) in [5.74, 6) is 2.66. The minimum absolute atomic E-state index is 0. The molecule has 0 aliphatic carbocycles. The van der Waals surface area contributed by atoms with Crippen LogP contribution in [0.2, 0.25) is 0 Å². The number of halogens is 1. The van der Waals surface area contributed by atoms with Crippen molar-refractivity contribution in [2.45, 2.75) is 19.8 Å². The molecule has 0 saturated heterocycles. The maximum atomic E-state index is 5.35. The zero-order valence-corrected chi connectivity index (χ0v) is 14.0. The largest absolute Gasteiger partial charge is 0.497 e. The van der Waals surface area contributed by atoms with Crippen molar-refractivity contribution in [3.63, 3.8) is 0 Å². The van der Waals surface area contributed by atoms with Crippen LogP contribution in [0.1, 0.15) is 17.8 Å². The molecule has 23 heavy (non-hydrogen) atoms. The van der Waals surface area contributed by atoms with Crippen molar-refractivity contribution in [3.05, 3.63) is 41.9 Å². The van der Waals surface area contributed by atoms with E-state index in [1.807, 2.05) is 25.3 Å². The summed E-state index contributed by atoms with van der Waals surface area (Å²) in [6.45, 7) is 2.90. The van der Waals surface area contributed by atoms with Crippen LogP contribution in [0.15, 0.2) is 30.5 Å². The molecule has 1 N–H and O–H groups in total. The first-order chi connectivity index (χ1) is 10.8. The number of anilines is 2. The molecule has 1 aliphatic heterocycles. The number of benzene rings is 1. The molecule has 0 spiro atoms.